The van der Waals surface area contributed by atoms with Crippen molar-refractivity contribution in [2.75, 3.05) is 43.0 Å². The Morgan fingerprint density at radius 2 is 1.70 bits per heavy atom. The van der Waals surface area contributed by atoms with E-state index in [9.17, 15) is 9.59 Å². The lowest BCUT2D eigenvalue weighted by molar-refractivity contribution is -0.118. The molecule has 0 aromatic heterocycles. The molecule has 2 amide bonds. The molecular formula is C24H31N3O3. The van der Waals surface area contributed by atoms with Gasteiger partial charge in [0.1, 0.15) is 5.75 Å². The number of hydrogen-bond acceptors (Lipinski definition) is 4. The maximum atomic E-state index is 13.2. The van der Waals surface area contributed by atoms with E-state index >= 15 is 0 Å². The molecule has 30 heavy (non-hydrogen) atoms. The van der Waals surface area contributed by atoms with E-state index in [1.165, 1.54) is 6.42 Å². The summed E-state index contributed by atoms with van der Waals surface area (Å²) in [6.07, 6.45) is 3.49. The zero-order chi connectivity index (χ0) is 21.3. The summed E-state index contributed by atoms with van der Waals surface area (Å²) in [5.41, 5.74) is 2.19. The average Bonchev–Trinajstić information content (AvgIpc) is 2.79. The fourth-order valence-electron chi connectivity index (χ4n) is 3.74. The molecule has 1 N–H and O–H groups in total. The summed E-state index contributed by atoms with van der Waals surface area (Å²) in [7, 11) is 0. The van der Waals surface area contributed by atoms with Gasteiger partial charge in [-0.1, -0.05) is 18.2 Å². The monoisotopic (exact) mass is 409 g/mol. The first-order chi connectivity index (χ1) is 14.6. The number of amides is 2. The van der Waals surface area contributed by atoms with Gasteiger partial charge in [0.15, 0.2) is 6.61 Å². The number of nitrogens with zero attached hydrogens (tertiary/aromatic N) is 2. The van der Waals surface area contributed by atoms with Gasteiger partial charge in [0, 0.05) is 37.6 Å². The third kappa shape index (κ3) is 5.53. The average molecular weight is 410 g/mol. The van der Waals surface area contributed by atoms with Crippen molar-refractivity contribution in [3.8, 4) is 5.75 Å². The summed E-state index contributed by atoms with van der Waals surface area (Å²) in [6, 6.07) is 14.8. The van der Waals surface area contributed by atoms with Crippen molar-refractivity contribution in [3.63, 3.8) is 0 Å². The molecule has 2 aromatic rings. The van der Waals surface area contributed by atoms with Gasteiger partial charge < -0.3 is 19.9 Å². The highest BCUT2D eigenvalue weighted by Crippen LogP contribution is 2.28. The minimum atomic E-state index is -0.259. The van der Waals surface area contributed by atoms with Crippen LogP contribution in [-0.2, 0) is 4.79 Å². The van der Waals surface area contributed by atoms with Gasteiger partial charge >= 0.3 is 0 Å². The quantitative estimate of drug-likeness (QED) is 0.711. The standard InChI is InChI=1S/C24H31N3O3/c1-3-26(4-2)24(29)21-17-19(13-14-22(21)27-15-9-6-10-16-27)25-23(28)18-30-20-11-7-5-8-12-20/h5,7-8,11-14,17H,3-4,6,9-10,15-16,18H2,1-2H3,(H,25,28). The maximum absolute atomic E-state index is 13.2. The molecule has 0 aliphatic carbocycles. The Bertz CT molecular complexity index is 844. The first kappa shape index (κ1) is 21.7. The van der Waals surface area contributed by atoms with Crippen LogP contribution in [0.5, 0.6) is 5.75 Å². The van der Waals surface area contributed by atoms with Crippen LogP contribution in [0.4, 0.5) is 11.4 Å². The van der Waals surface area contributed by atoms with Crippen molar-refractivity contribution in [3.05, 3.63) is 54.1 Å². The second-order valence-corrected chi connectivity index (χ2v) is 7.41. The zero-order valence-corrected chi connectivity index (χ0v) is 17.9. The fourth-order valence-corrected chi connectivity index (χ4v) is 3.74. The van der Waals surface area contributed by atoms with Crippen LogP contribution in [0.3, 0.4) is 0 Å². The number of hydrogen-bond donors (Lipinski definition) is 1. The Kier molecular flexibility index (Phi) is 7.71. The molecule has 0 unspecified atom stereocenters. The highest BCUT2D eigenvalue weighted by Gasteiger charge is 2.22. The predicted octanol–water partition coefficient (Wildman–Crippen LogP) is 4.18. The Hall–Kier alpha value is -3.02. The predicted molar refractivity (Wildman–Crippen MR) is 120 cm³/mol. The SMILES string of the molecule is CCN(CC)C(=O)c1cc(NC(=O)COc2ccccc2)ccc1N1CCCCC1. The van der Waals surface area contributed by atoms with Gasteiger partial charge in [0.25, 0.3) is 11.8 Å². The number of rotatable bonds is 8. The molecule has 0 atom stereocenters. The van der Waals surface area contributed by atoms with E-state index < -0.39 is 0 Å². The van der Waals surface area contributed by atoms with Crippen molar-refractivity contribution in [1.29, 1.82) is 0 Å². The molecule has 3 rings (SSSR count). The van der Waals surface area contributed by atoms with Gasteiger partial charge in [-0.05, 0) is 63.4 Å². The molecule has 0 bridgehead atoms. The Labute approximate surface area is 178 Å². The van der Waals surface area contributed by atoms with Crippen LogP contribution in [0.15, 0.2) is 48.5 Å². The van der Waals surface area contributed by atoms with E-state index in [0.29, 0.717) is 30.1 Å². The van der Waals surface area contributed by atoms with E-state index in [2.05, 4.69) is 10.2 Å². The molecule has 0 saturated carbocycles. The van der Waals surface area contributed by atoms with Crippen LogP contribution in [0, 0.1) is 0 Å². The summed E-state index contributed by atoms with van der Waals surface area (Å²) >= 11 is 0. The number of carbonyl (C=O) groups is 2. The Morgan fingerprint density at radius 3 is 2.37 bits per heavy atom. The summed E-state index contributed by atoms with van der Waals surface area (Å²) < 4.78 is 5.51. The molecule has 1 aliphatic rings. The molecule has 1 heterocycles. The molecule has 1 saturated heterocycles. The molecular weight excluding hydrogens is 378 g/mol. The van der Waals surface area contributed by atoms with E-state index in [-0.39, 0.29) is 18.4 Å². The summed E-state index contributed by atoms with van der Waals surface area (Å²) in [6.45, 7) is 7.08. The van der Waals surface area contributed by atoms with E-state index in [1.54, 1.807) is 6.07 Å². The summed E-state index contributed by atoms with van der Waals surface area (Å²) in [5, 5.41) is 2.86. The first-order valence-electron chi connectivity index (χ1n) is 10.8. The second kappa shape index (κ2) is 10.7. The molecule has 160 valence electrons. The molecule has 6 heteroatoms. The largest absolute Gasteiger partial charge is 0.484 e. The smallest absolute Gasteiger partial charge is 0.262 e. The highest BCUT2D eigenvalue weighted by atomic mass is 16.5. The summed E-state index contributed by atoms with van der Waals surface area (Å²) in [4.78, 5) is 29.6. The van der Waals surface area contributed by atoms with Crippen molar-refractivity contribution in [2.45, 2.75) is 33.1 Å². The first-order valence-corrected chi connectivity index (χ1v) is 10.8. The third-order valence-electron chi connectivity index (χ3n) is 5.37. The number of piperidine rings is 1. The number of carbonyl (C=O) groups excluding carboxylic acids is 2. The van der Waals surface area contributed by atoms with Crippen LogP contribution in [-0.4, -0.2) is 49.5 Å². The van der Waals surface area contributed by atoms with Gasteiger partial charge in [-0.15, -0.1) is 0 Å². The Balaban J connectivity index is 1.77. The number of anilines is 2. The molecule has 1 aliphatic heterocycles. The number of ether oxygens (including phenoxy) is 1. The fraction of sp³-hybridized carbons (Fsp3) is 0.417. The topological polar surface area (TPSA) is 61.9 Å². The van der Waals surface area contributed by atoms with Crippen LogP contribution < -0.4 is 15.0 Å². The van der Waals surface area contributed by atoms with Gasteiger partial charge in [-0.3, -0.25) is 9.59 Å². The zero-order valence-electron chi connectivity index (χ0n) is 17.9. The third-order valence-corrected chi connectivity index (χ3v) is 5.37. The summed E-state index contributed by atoms with van der Waals surface area (Å²) in [5.74, 6) is 0.383. The number of benzene rings is 2. The van der Waals surface area contributed by atoms with E-state index in [0.717, 1.165) is 31.6 Å². The minimum Gasteiger partial charge on any atom is -0.484 e. The number of para-hydroxylation sites is 1. The molecule has 1 fully saturated rings. The van der Waals surface area contributed by atoms with E-state index in [1.807, 2.05) is 61.2 Å². The van der Waals surface area contributed by atoms with Crippen molar-refractivity contribution in [2.24, 2.45) is 0 Å². The van der Waals surface area contributed by atoms with Gasteiger partial charge in [-0.25, -0.2) is 0 Å². The molecule has 0 radical (unpaired) electrons. The van der Waals surface area contributed by atoms with Gasteiger partial charge in [0.2, 0.25) is 0 Å². The van der Waals surface area contributed by atoms with Gasteiger partial charge in [0.05, 0.1) is 5.56 Å². The van der Waals surface area contributed by atoms with E-state index in [4.69, 9.17) is 4.74 Å². The molecule has 0 spiro atoms. The van der Waals surface area contributed by atoms with Crippen LogP contribution >= 0.6 is 0 Å². The lowest BCUT2D eigenvalue weighted by Gasteiger charge is -2.31. The lowest BCUT2D eigenvalue weighted by Crippen LogP contribution is -2.35. The number of nitrogens with one attached hydrogen (secondary N) is 1. The van der Waals surface area contributed by atoms with Crippen LogP contribution in [0.25, 0.3) is 0 Å². The van der Waals surface area contributed by atoms with Crippen LogP contribution in [0.1, 0.15) is 43.5 Å². The molecule has 2 aromatic carbocycles. The van der Waals surface area contributed by atoms with Gasteiger partial charge in [-0.2, -0.15) is 0 Å². The van der Waals surface area contributed by atoms with Crippen molar-refractivity contribution >= 4 is 23.2 Å². The second-order valence-electron chi connectivity index (χ2n) is 7.41. The highest BCUT2D eigenvalue weighted by molar-refractivity contribution is 6.02. The van der Waals surface area contributed by atoms with Crippen LogP contribution in [0.2, 0.25) is 0 Å². The van der Waals surface area contributed by atoms with Crippen molar-refractivity contribution < 1.29 is 14.3 Å². The maximum Gasteiger partial charge on any atom is 0.262 e. The lowest BCUT2D eigenvalue weighted by atomic mass is 10.1. The molecule has 6 nitrogen and oxygen atoms in total. The normalized spacial score (nSPS) is 13.6. The van der Waals surface area contributed by atoms with Crippen molar-refractivity contribution in [1.82, 2.24) is 4.90 Å². The Morgan fingerprint density at radius 1 is 1.00 bits per heavy atom. The minimum absolute atomic E-state index is 0.00259.